The second-order valence-electron chi connectivity index (χ2n) is 8.03. The highest BCUT2D eigenvalue weighted by molar-refractivity contribution is 5.78. The smallest absolute Gasteiger partial charge is 0.249 e. The highest BCUT2D eigenvalue weighted by Gasteiger charge is 2.42. The first-order valence-corrected chi connectivity index (χ1v) is 8.37. The van der Waals surface area contributed by atoms with Crippen LogP contribution in [0.2, 0.25) is 0 Å². The fraction of sp³-hybridized carbons (Fsp3) is 0.944. The summed E-state index contributed by atoms with van der Waals surface area (Å²) in [7, 11) is 1.63. The standard InChI is InChI=1S/C18H37NO3/c1-10-18(7,8)19(15(20)13-22-12-11-21-9)16(14(2)3)17(4,5)6/h14,16H,10-13H2,1-9H3. The summed E-state index contributed by atoms with van der Waals surface area (Å²) in [6, 6.07) is 0.168. The number of hydrogen-bond donors (Lipinski definition) is 0. The predicted molar refractivity (Wildman–Crippen MR) is 92.0 cm³/mol. The van der Waals surface area contributed by atoms with Gasteiger partial charge in [0.1, 0.15) is 6.61 Å². The molecule has 0 radical (unpaired) electrons. The van der Waals surface area contributed by atoms with E-state index in [0.717, 1.165) is 6.42 Å². The number of hydrogen-bond acceptors (Lipinski definition) is 3. The van der Waals surface area contributed by atoms with Crippen molar-refractivity contribution in [2.24, 2.45) is 11.3 Å². The van der Waals surface area contributed by atoms with Crippen LogP contribution in [0.3, 0.4) is 0 Å². The van der Waals surface area contributed by atoms with Gasteiger partial charge in [0.25, 0.3) is 0 Å². The minimum absolute atomic E-state index is 0.0167. The first kappa shape index (κ1) is 21.4. The molecule has 0 saturated carbocycles. The second-order valence-corrected chi connectivity index (χ2v) is 8.03. The maximum absolute atomic E-state index is 12.9. The molecule has 0 aliphatic heterocycles. The molecule has 0 spiro atoms. The summed E-state index contributed by atoms with van der Waals surface area (Å²) in [5.74, 6) is 0.449. The molecule has 132 valence electrons. The Kier molecular flexibility index (Phi) is 8.63. The summed E-state index contributed by atoms with van der Waals surface area (Å²) in [5.41, 5.74) is -0.174. The molecule has 22 heavy (non-hydrogen) atoms. The van der Waals surface area contributed by atoms with Crippen LogP contribution in [0, 0.1) is 11.3 Å². The highest BCUT2D eigenvalue weighted by Crippen LogP contribution is 2.35. The summed E-state index contributed by atoms with van der Waals surface area (Å²) >= 11 is 0. The van der Waals surface area contributed by atoms with Gasteiger partial charge in [0.2, 0.25) is 5.91 Å². The van der Waals surface area contributed by atoms with Gasteiger partial charge in [-0.15, -0.1) is 0 Å². The molecule has 4 heteroatoms. The zero-order valence-electron chi connectivity index (χ0n) is 16.2. The number of methoxy groups -OCH3 is 1. The number of carbonyl (C=O) groups is 1. The molecule has 0 aromatic heterocycles. The summed E-state index contributed by atoms with van der Waals surface area (Å²) in [6.07, 6.45) is 0.913. The summed E-state index contributed by atoms with van der Waals surface area (Å²) in [5, 5.41) is 0. The lowest BCUT2D eigenvalue weighted by Crippen LogP contribution is -2.59. The Morgan fingerprint density at radius 2 is 1.64 bits per heavy atom. The molecule has 1 amide bonds. The van der Waals surface area contributed by atoms with Crippen LogP contribution in [0.5, 0.6) is 0 Å². The third-order valence-electron chi connectivity index (χ3n) is 4.24. The van der Waals surface area contributed by atoms with Crippen LogP contribution < -0.4 is 0 Å². The maximum Gasteiger partial charge on any atom is 0.249 e. The van der Waals surface area contributed by atoms with E-state index in [4.69, 9.17) is 9.47 Å². The Balaban J connectivity index is 5.32. The number of nitrogens with zero attached hydrogens (tertiary/aromatic N) is 1. The first-order chi connectivity index (χ1) is 9.99. The highest BCUT2D eigenvalue weighted by atomic mass is 16.5. The van der Waals surface area contributed by atoms with Gasteiger partial charge in [0.15, 0.2) is 0 Å². The fourth-order valence-corrected chi connectivity index (χ4v) is 3.10. The molecule has 4 nitrogen and oxygen atoms in total. The van der Waals surface area contributed by atoms with Crippen LogP contribution in [0.15, 0.2) is 0 Å². The Bertz CT molecular complexity index is 332. The van der Waals surface area contributed by atoms with Crippen molar-refractivity contribution in [3.8, 4) is 0 Å². The van der Waals surface area contributed by atoms with E-state index in [9.17, 15) is 4.79 Å². The molecule has 0 bridgehead atoms. The Morgan fingerprint density at radius 1 is 1.09 bits per heavy atom. The molecular weight excluding hydrogens is 278 g/mol. The molecule has 1 unspecified atom stereocenters. The van der Waals surface area contributed by atoms with E-state index in [2.05, 4.69) is 60.3 Å². The lowest BCUT2D eigenvalue weighted by molar-refractivity contribution is -0.151. The van der Waals surface area contributed by atoms with Gasteiger partial charge < -0.3 is 14.4 Å². The van der Waals surface area contributed by atoms with Crippen molar-refractivity contribution in [1.29, 1.82) is 0 Å². The van der Waals surface area contributed by atoms with Crippen molar-refractivity contribution in [2.75, 3.05) is 26.9 Å². The third-order valence-corrected chi connectivity index (χ3v) is 4.24. The second kappa shape index (κ2) is 8.88. The SMILES string of the molecule is CCC(C)(C)N(C(=O)COCCOC)C(C(C)C)C(C)(C)C. The molecule has 0 aliphatic rings. The maximum atomic E-state index is 12.9. The van der Waals surface area contributed by atoms with Crippen LogP contribution in [0.25, 0.3) is 0 Å². The number of ether oxygens (including phenoxy) is 2. The van der Waals surface area contributed by atoms with Crippen molar-refractivity contribution in [3.05, 3.63) is 0 Å². The molecule has 0 N–H and O–H groups in total. The molecule has 0 rings (SSSR count). The molecule has 0 aromatic carbocycles. The summed E-state index contributed by atoms with van der Waals surface area (Å²) in [4.78, 5) is 14.9. The van der Waals surface area contributed by atoms with Crippen LogP contribution >= 0.6 is 0 Å². The van der Waals surface area contributed by atoms with Gasteiger partial charge >= 0.3 is 0 Å². The zero-order valence-corrected chi connectivity index (χ0v) is 16.2. The minimum Gasteiger partial charge on any atom is -0.382 e. The Hall–Kier alpha value is -0.610. The zero-order chi connectivity index (χ0) is 17.6. The van der Waals surface area contributed by atoms with Crippen LogP contribution in [-0.2, 0) is 14.3 Å². The number of carbonyl (C=O) groups excluding carboxylic acids is 1. The first-order valence-electron chi connectivity index (χ1n) is 8.37. The molecule has 0 fully saturated rings. The van der Waals surface area contributed by atoms with E-state index in [1.54, 1.807) is 7.11 Å². The molecular formula is C18H37NO3. The fourth-order valence-electron chi connectivity index (χ4n) is 3.10. The van der Waals surface area contributed by atoms with E-state index < -0.39 is 0 Å². The Morgan fingerprint density at radius 3 is 2.00 bits per heavy atom. The third kappa shape index (κ3) is 6.25. The van der Waals surface area contributed by atoms with Crippen molar-refractivity contribution < 1.29 is 14.3 Å². The lowest BCUT2D eigenvalue weighted by Gasteiger charge is -2.50. The summed E-state index contributed by atoms with van der Waals surface area (Å²) < 4.78 is 10.4. The molecule has 0 heterocycles. The summed E-state index contributed by atoms with van der Waals surface area (Å²) in [6.45, 7) is 18.5. The van der Waals surface area contributed by atoms with Crippen molar-refractivity contribution >= 4 is 5.91 Å². The number of amides is 1. The predicted octanol–water partition coefficient (Wildman–Crippen LogP) is 3.74. The van der Waals surface area contributed by atoms with Gasteiger partial charge in [0.05, 0.1) is 13.2 Å². The van der Waals surface area contributed by atoms with Gasteiger partial charge in [-0.2, -0.15) is 0 Å². The van der Waals surface area contributed by atoms with Gasteiger partial charge in [-0.1, -0.05) is 41.5 Å². The van der Waals surface area contributed by atoms with Gasteiger partial charge in [-0.25, -0.2) is 0 Å². The monoisotopic (exact) mass is 315 g/mol. The molecule has 1 atom stereocenters. The van der Waals surface area contributed by atoms with Gasteiger partial charge in [0, 0.05) is 18.7 Å². The molecule has 0 saturated heterocycles. The number of rotatable bonds is 9. The van der Waals surface area contributed by atoms with E-state index in [-0.39, 0.29) is 29.5 Å². The lowest BCUT2D eigenvalue weighted by atomic mass is 9.76. The van der Waals surface area contributed by atoms with Crippen LogP contribution in [0.4, 0.5) is 0 Å². The Labute approximate surface area is 137 Å². The van der Waals surface area contributed by atoms with Crippen molar-refractivity contribution in [2.45, 2.75) is 73.4 Å². The van der Waals surface area contributed by atoms with E-state index in [0.29, 0.717) is 19.1 Å². The van der Waals surface area contributed by atoms with Crippen molar-refractivity contribution in [1.82, 2.24) is 4.90 Å². The van der Waals surface area contributed by atoms with E-state index in [1.165, 1.54) is 0 Å². The van der Waals surface area contributed by atoms with Gasteiger partial charge in [-0.05, 0) is 31.6 Å². The van der Waals surface area contributed by atoms with Crippen molar-refractivity contribution in [3.63, 3.8) is 0 Å². The normalized spacial score (nSPS) is 14.3. The van der Waals surface area contributed by atoms with E-state index in [1.807, 2.05) is 0 Å². The molecule has 0 aliphatic carbocycles. The van der Waals surface area contributed by atoms with E-state index >= 15 is 0 Å². The average Bonchev–Trinajstić information content (AvgIpc) is 2.38. The topological polar surface area (TPSA) is 38.8 Å². The van der Waals surface area contributed by atoms with Crippen LogP contribution in [-0.4, -0.2) is 49.3 Å². The minimum atomic E-state index is -0.191. The molecule has 0 aromatic rings. The van der Waals surface area contributed by atoms with Gasteiger partial charge in [-0.3, -0.25) is 4.79 Å². The quantitative estimate of drug-likeness (QED) is 0.608. The largest absolute Gasteiger partial charge is 0.382 e. The van der Waals surface area contributed by atoms with Crippen LogP contribution in [0.1, 0.15) is 61.8 Å². The average molecular weight is 315 g/mol.